The van der Waals surface area contributed by atoms with Crippen molar-refractivity contribution in [3.63, 3.8) is 0 Å². The number of hydrogen-bond donors (Lipinski definition) is 0. The lowest BCUT2D eigenvalue weighted by atomic mass is 9.97. The van der Waals surface area contributed by atoms with Crippen molar-refractivity contribution in [2.24, 2.45) is 0 Å². The van der Waals surface area contributed by atoms with Crippen molar-refractivity contribution in [2.45, 2.75) is 19.1 Å². The number of ether oxygens (including phenoxy) is 1. The van der Waals surface area contributed by atoms with E-state index in [-0.39, 0.29) is 12.1 Å². The summed E-state index contributed by atoms with van der Waals surface area (Å²) < 4.78 is 5.33. The fourth-order valence-electron chi connectivity index (χ4n) is 1.99. The number of nitrogens with zero attached hydrogens (tertiary/aromatic N) is 2. The minimum Gasteiger partial charge on any atom is -0.373 e. The van der Waals surface area contributed by atoms with E-state index in [0.29, 0.717) is 6.54 Å². The van der Waals surface area contributed by atoms with Crippen LogP contribution in [0.4, 0.5) is 0 Å². The van der Waals surface area contributed by atoms with Crippen LogP contribution in [-0.2, 0) is 9.53 Å². The third kappa shape index (κ3) is 1.61. The van der Waals surface area contributed by atoms with Crippen molar-refractivity contribution in [1.29, 1.82) is 0 Å². The van der Waals surface area contributed by atoms with E-state index in [2.05, 4.69) is 4.98 Å². The Hall–Kier alpha value is -1.42. The molecule has 0 N–H and O–H groups in total. The molecule has 0 saturated heterocycles. The van der Waals surface area contributed by atoms with Gasteiger partial charge >= 0.3 is 0 Å². The van der Waals surface area contributed by atoms with Gasteiger partial charge in [-0.25, -0.2) is 0 Å². The summed E-state index contributed by atoms with van der Waals surface area (Å²) in [4.78, 5) is 16.9. The van der Waals surface area contributed by atoms with Gasteiger partial charge in [-0.1, -0.05) is 6.07 Å². The van der Waals surface area contributed by atoms with E-state index >= 15 is 0 Å². The standard InChI is InChI=1S/C11H14N2O2/c1-8-9-4-3-5-12-11(9)10(15-2)6-13(8)7-14/h3-5,7-8,10H,6H2,1-2H3/t8-,10+/m1/s1. The first-order valence-corrected chi connectivity index (χ1v) is 4.96. The van der Waals surface area contributed by atoms with Crippen LogP contribution >= 0.6 is 0 Å². The zero-order valence-electron chi connectivity index (χ0n) is 8.88. The van der Waals surface area contributed by atoms with Gasteiger partial charge in [0.25, 0.3) is 0 Å². The maximum Gasteiger partial charge on any atom is 0.210 e. The molecule has 0 aliphatic carbocycles. The Morgan fingerprint density at radius 2 is 2.47 bits per heavy atom. The molecule has 4 heteroatoms. The second-order valence-corrected chi connectivity index (χ2v) is 3.68. The molecule has 0 saturated carbocycles. The zero-order valence-corrected chi connectivity index (χ0v) is 8.88. The number of carbonyl (C=O) groups excluding carboxylic acids is 1. The lowest BCUT2D eigenvalue weighted by molar-refractivity contribution is -0.123. The molecule has 0 spiro atoms. The third-order valence-corrected chi connectivity index (χ3v) is 2.92. The lowest BCUT2D eigenvalue weighted by Gasteiger charge is -2.35. The van der Waals surface area contributed by atoms with Gasteiger partial charge in [0.05, 0.1) is 18.3 Å². The molecule has 2 heterocycles. The summed E-state index contributed by atoms with van der Waals surface area (Å²) in [6.07, 6.45) is 2.52. The SMILES string of the molecule is CO[C@H]1CN(C=O)[C@H](C)c2cccnc21. The van der Waals surface area contributed by atoms with E-state index in [1.165, 1.54) is 0 Å². The minimum absolute atomic E-state index is 0.0811. The van der Waals surface area contributed by atoms with Crippen LogP contribution in [-0.4, -0.2) is 29.9 Å². The van der Waals surface area contributed by atoms with Gasteiger partial charge in [0.1, 0.15) is 6.10 Å². The predicted molar refractivity (Wildman–Crippen MR) is 55.2 cm³/mol. The van der Waals surface area contributed by atoms with E-state index in [1.807, 2.05) is 19.1 Å². The topological polar surface area (TPSA) is 42.4 Å². The summed E-state index contributed by atoms with van der Waals surface area (Å²) in [5, 5.41) is 0. The van der Waals surface area contributed by atoms with Gasteiger partial charge in [0.2, 0.25) is 6.41 Å². The van der Waals surface area contributed by atoms with Gasteiger partial charge < -0.3 is 9.64 Å². The Kier molecular flexibility index (Phi) is 2.68. The number of pyridine rings is 1. The molecule has 15 heavy (non-hydrogen) atoms. The van der Waals surface area contributed by atoms with Gasteiger partial charge in [0, 0.05) is 13.3 Å². The second kappa shape index (κ2) is 3.98. The summed E-state index contributed by atoms with van der Waals surface area (Å²) in [7, 11) is 1.64. The molecule has 1 aliphatic rings. The number of amides is 1. The van der Waals surface area contributed by atoms with E-state index in [1.54, 1.807) is 18.2 Å². The van der Waals surface area contributed by atoms with Gasteiger partial charge in [0.15, 0.2) is 0 Å². The van der Waals surface area contributed by atoms with Crippen molar-refractivity contribution in [3.8, 4) is 0 Å². The summed E-state index contributed by atoms with van der Waals surface area (Å²) in [5.74, 6) is 0. The summed E-state index contributed by atoms with van der Waals surface area (Å²) in [6, 6.07) is 3.96. The highest BCUT2D eigenvalue weighted by Crippen LogP contribution is 2.33. The second-order valence-electron chi connectivity index (χ2n) is 3.68. The smallest absolute Gasteiger partial charge is 0.210 e. The normalized spacial score (nSPS) is 24.8. The van der Waals surface area contributed by atoms with Crippen LogP contribution in [0.2, 0.25) is 0 Å². The van der Waals surface area contributed by atoms with Crippen molar-refractivity contribution >= 4 is 6.41 Å². The van der Waals surface area contributed by atoms with E-state index in [0.717, 1.165) is 17.7 Å². The minimum atomic E-state index is -0.109. The number of aromatic nitrogens is 1. The molecular formula is C11H14N2O2. The highest BCUT2D eigenvalue weighted by atomic mass is 16.5. The first-order chi connectivity index (χ1) is 7.27. The van der Waals surface area contributed by atoms with Crippen LogP contribution in [0.1, 0.15) is 30.3 Å². The Morgan fingerprint density at radius 1 is 1.67 bits per heavy atom. The maximum atomic E-state index is 10.9. The summed E-state index contributed by atoms with van der Waals surface area (Å²) >= 11 is 0. The van der Waals surface area contributed by atoms with Crippen LogP contribution in [0, 0.1) is 0 Å². The van der Waals surface area contributed by atoms with Gasteiger partial charge in [-0.15, -0.1) is 0 Å². The van der Waals surface area contributed by atoms with Gasteiger partial charge in [-0.05, 0) is 18.6 Å². The molecule has 80 valence electrons. The maximum absolute atomic E-state index is 10.9. The van der Waals surface area contributed by atoms with Crippen molar-refractivity contribution in [1.82, 2.24) is 9.88 Å². The summed E-state index contributed by atoms with van der Waals surface area (Å²) in [6.45, 7) is 2.58. The highest BCUT2D eigenvalue weighted by molar-refractivity contribution is 5.50. The first-order valence-electron chi connectivity index (χ1n) is 4.96. The van der Waals surface area contributed by atoms with Crippen molar-refractivity contribution < 1.29 is 9.53 Å². The van der Waals surface area contributed by atoms with Crippen LogP contribution < -0.4 is 0 Å². The molecule has 0 bridgehead atoms. The quantitative estimate of drug-likeness (QED) is 0.685. The Labute approximate surface area is 88.9 Å². The molecule has 2 atom stereocenters. The average Bonchev–Trinajstić information content (AvgIpc) is 2.30. The molecule has 0 unspecified atom stereocenters. The first kappa shape index (κ1) is 10.1. The number of methoxy groups -OCH3 is 1. The molecule has 1 aromatic heterocycles. The van der Waals surface area contributed by atoms with Crippen molar-refractivity contribution in [2.75, 3.05) is 13.7 Å². The molecule has 0 aromatic carbocycles. The fourth-order valence-corrected chi connectivity index (χ4v) is 1.99. The average molecular weight is 206 g/mol. The predicted octanol–water partition coefficient (Wildman–Crippen LogP) is 1.30. The molecular weight excluding hydrogens is 192 g/mol. The molecule has 0 fully saturated rings. The number of rotatable bonds is 2. The molecule has 1 amide bonds. The largest absolute Gasteiger partial charge is 0.373 e. The lowest BCUT2D eigenvalue weighted by Crippen LogP contribution is -2.36. The van der Waals surface area contributed by atoms with E-state index in [9.17, 15) is 4.79 Å². The van der Waals surface area contributed by atoms with E-state index < -0.39 is 0 Å². The van der Waals surface area contributed by atoms with Gasteiger partial charge in [-0.2, -0.15) is 0 Å². The van der Waals surface area contributed by atoms with Crippen LogP contribution in [0.5, 0.6) is 0 Å². The van der Waals surface area contributed by atoms with E-state index in [4.69, 9.17) is 4.74 Å². The van der Waals surface area contributed by atoms with Crippen LogP contribution in [0.25, 0.3) is 0 Å². The molecule has 4 nitrogen and oxygen atoms in total. The molecule has 2 rings (SSSR count). The third-order valence-electron chi connectivity index (χ3n) is 2.92. The number of carbonyl (C=O) groups is 1. The molecule has 1 aromatic rings. The number of hydrogen-bond acceptors (Lipinski definition) is 3. The van der Waals surface area contributed by atoms with Crippen molar-refractivity contribution in [3.05, 3.63) is 29.6 Å². The van der Waals surface area contributed by atoms with Gasteiger partial charge in [-0.3, -0.25) is 9.78 Å². The molecule has 0 radical (unpaired) electrons. The Bertz CT molecular complexity index is 367. The highest BCUT2D eigenvalue weighted by Gasteiger charge is 2.30. The number of fused-ring (bicyclic) bond motifs is 1. The zero-order chi connectivity index (χ0) is 10.8. The summed E-state index contributed by atoms with van der Waals surface area (Å²) in [5.41, 5.74) is 2.02. The molecule has 1 aliphatic heterocycles. The fraction of sp³-hybridized carbons (Fsp3) is 0.455. The Morgan fingerprint density at radius 3 is 3.13 bits per heavy atom. The van der Waals surface area contributed by atoms with Crippen LogP contribution in [0.3, 0.4) is 0 Å². The Balaban J connectivity index is 2.44. The van der Waals surface area contributed by atoms with Crippen LogP contribution in [0.15, 0.2) is 18.3 Å². The monoisotopic (exact) mass is 206 g/mol.